The third kappa shape index (κ3) is 2.86. The molecule has 0 radical (unpaired) electrons. The average molecular weight is 348 g/mol. The largest absolute Gasteiger partial charge is 0.497 e. The molecule has 0 aliphatic heterocycles. The lowest BCUT2D eigenvalue weighted by molar-refractivity contribution is 0.411. The molecular weight excluding hydrogens is 333 g/mol. The molecule has 3 rings (SSSR count). The highest BCUT2D eigenvalue weighted by molar-refractivity contribution is 6.35. The Morgan fingerprint density at radius 3 is 2.83 bits per heavy atom. The van der Waals surface area contributed by atoms with Crippen molar-refractivity contribution < 1.29 is 9.13 Å². The number of nitrogens with two attached hydrogens (primary N) is 1. The van der Waals surface area contributed by atoms with Gasteiger partial charge in [-0.3, -0.25) is 9.36 Å². The molecule has 24 heavy (non-hydrogen) atoms. The molecule has 2 N–H and O–H groups in total. The van der Waals surface area contributed by atoms with Gasteiger partial charge in [0.15, 0.2) is 0 Å². The van der Waals surface area contributed by atoms with E-state index in [1.165, 1.54) is 23.8 Å². The molecule has 3 aromatic rings. The fourth-order valence-corrected chi connectivity index (χ4v) is 2.84. The molecule has 0 aliphatic rings. The lowest BCUT2D eigenvalue weighted by Crippen LogP contribution is -2.25. The van der Waals surface area contributed by atoms with E-state index in [1.807, 2.05) is 0 Å². The molecular formula is C17H15ClFN3O2. The van der Waals surface area contributed by atoms with Crippen molar-refractivity contribution >= 4 is 22.5 Å². The summed E-state index contributed by atoms with van der Waals surface area (Å²) in [6.45, 7) is 0.297. The van der Waals surface area contributed by atoms with E-state index >= 15 is 0 Å². The van der Waals surface area contributed by atoms with Gasteiger partial charge in [-0.2, -0.15) is 0 Å². The highest BCUT2D eigenvalue weighted by atomic mass is 35.5. The number of benzene rings is 2. The normalized spacial score (nSPS) is 11.0. The molecule has 0 fully saturated rings. The molecule has 1 heterocycles. The summed E-state index contributed by atoms with van der Waals surface area (Å²) in [7, 11) is 1.43. The minimum absolute atomic E-state index is 0.281. The van der Waals surface area contributed by atoms with Crippen molar-refractivity contribution in [3.8, 4) is 11.4 Å². The van der Waals surface area contributed by atoms with Gasteiger partial charge < -0.3 is 10.5 Å². The zero-order valence-corrected chi connectivity index (χ0v) is 13.7. The van der Waals surface area contributed by atoms with Crippen LogP contribution in [-0.4, -0.2) is 23.2 Å². The zero-order valence-electron chi connectivity index (χ0n) is 12.9. The van der Waals surface area contributed by atoms with E-state index < -0.39 is 5.82 Å². The summed E-state index contributed by atoms with van der Waals surface area (Å²) in [5, 5.41) is 0.574. The maximum absolute atomic E-state index is 13.9. The van der Waals surface area contributed by atoms with E-state index in [0.29, 0.717) is 40.8 Å². The standard InChI is InChI=1S/C17H15ClFN3O2/c1-24-12-8-10(19)7-11(9-12)22-15(5-6-20)21-14-4-2-3-13(18)16(14)17(22)23/h2-4,7-9H,5-6,20H2,1H3. The Hall–Kier alpha value is -2.44. The van der Waals surface area contributed by atoms with Crippen LogP contribution in [0.1, 0.15) is 5.82 Å². The van der Waals surface area contributed by atoms with Crippen LogP contribution in [0.3, 0.4) is 0 Å². The third-order valence-corrected chi connectivity index (χ3v) is 3.95. The van der Waals surface area contributed by atoms with Crippen LogP contribution in [0.15, 0.2) is 41.2 Å². The van der Waals surface area contributed by atoms with Gasteiger partial charge in [-0.05, 0) is 24.7 Å². The van der Waals surface area contributed by atoms with Crippen LogP contribution in [0.4, 0.5) is 4.39 Å². The van der Waals surface area contributed by atoms with Gasteiger partial charge in [0.25, 0.3) is 5.56 Å². The van der Waals surface area contributed by atoms with Crippen LogP contribution in [0, 0.1) is 5.82 Å². The van der Waals surface area contributed by atoms with Crippen LogP contribution in [0.25, 0.3) is 16.6 Å². The minimum Gasteiger partial charge on any atom is -0.497 e. The highest BCUT2D eigenvalue weighted by Gasteiger charge is 2.15. The molecule has 1 aromatic heterocycles. The lowest BCUT2D eigenvalue weighted by Gasteiger charge is -2.14. The zero-order chi connectivity index (χ0) is 17.3. The maximum atomic E-state index is 13.9. The second-order valence-electron chi connectivity index (χ2n) is 5.19. The molecule has 0 spiro atoms. The number of halogens is 2. The number of fused-ring (bicyclic) bond motifs is 1. The van der Waals surface area contributed by atoms with Crippen molar-refractivity contribution in [2.24, 2.45) is 5.73 Å². The summed E-state index contributed by atoms with van der Waals surface area (Å²) in [5.74, 6) is 0.217. The van der Waals surface area contributed by atoms with Crippen molar-refractivity contribution in [2.45, 2.75) is 6.42 Å². The van der Waals surface area contributed by atoms with Gasteiger partial charge in [0.1, 0.15) is 17.4 Å². The second-order valence-corrected chi connectivity index (χ2v) is 5.60. The van der Waals surface area contributed by atoms with E-state index in [4.69, 9.17) is 22.1 Å². The Bertz CT molecular complexity index is 972. The molecule has 0 atom stereocenters. The quantitative estimate of drug-likeness (QED) is 0.787. The number of ether oxygens (including phenoxy) is 1. The summed E-state index contributed by atoms with van der Waals surface area (Å²) in [4.78, 5) is 17.5. The van der Waals surface area contributed by atoms with Crippen LogP contribution in [0.2, 0.25) is 5.02 Å². The molecule has 0 saturated carbocycles. The number of hydrogen-bond acceptors (Lipinski definition) is 4. The highest BCUT2D eigenvalue weighted by Crippen LogP contribution is 2.23. The lowest BCUT2D eigenvalue weighted by atomic mass is 10.2. The number of aromatic nitrogens is 2. The fraction of sp³-hybridized carbons (Fsp3) is 0.176. The van der Waals surface area contributed by atoms with Crippen LogP contribution in [0.5, 0.6) is 5.75 Å². The Morgan fingerprint density at radius 2 is 2.12 bits per heavy atom. The fourth-order valence-electron chi connectivity index (χ4n) is 2.59. The monoisotopic (exact) mass is 347 g/mol. The SMILES string of the molecule is COc1cc(F)cc(-n2c(CCN)nc3cccc(Cl)c3c2=O)c1. The predicted octanol–water partition coefficient (Wildman–Crippen LogP) is 2.69. The molecule has 0 bridgehead atoms. The molecule has 0 saturated heterocycles. The van der Waals surface area contributed by atoms with Gasteiger partial charge in [-0.25, -0.2) is 9.37 Å². The van der Waals surface area contributed by atoms with Gasteiger partial charge in [-0.1, -0.05) is 17.7 Å². The number of nitrogens with zero attached hydrogens (tertiary/aromatic N) is 2. The first-order valence-electron chi connectivity index (χ1n) is 7.30. The smallest absolute Gasteiger partial charge is 0.267 e. The first-order valence-corrected chi connectivity index (χ1v) is 7.68. The number of rotatable bonds is 4. The van der Waals surface area contributed by atoms with Crippen molar-refractivity contribution in [2.75, 3.05) is 13.7 Å². The number of methoxy groups -OCH3 is 1. The first kappa shape index (κ1) is 16.4. The summed E-state index contributed by atoms with van der Waals surface area (Å²) in [5.41, 5.74) is 6.06. The predicted molar refractivity (Wildman–Crippen MR) is 91.6 cm³/mol. The summed E-state index contributed by atoms with van der Waals surface area (Å²) < 4.78 is 20.3. The maximum Gasteiger partial charge on any atom is 0.267 e. The van der Waals surface area contributed by atoms with Crippen molar-refractivity contribution in [1.82, 2.24) is 9.55 Å². The molecule has 2 aromatic carbocycles. The van der Waals surface area contributed by atoms with Crippen LogP contribution < -0.4 is 16.0 Å². The second kappa shape index (κ2) is 6.59. The molecule has 0 unspecified atom stereocenters. The van der Waals surface area contributed by atoms with Gasteiger partial charge in [0, 0.05) is 18.6 Å². The summed E-state index contributed by atoms with van der Waals surface area (Å²) >= 11 is 6.16. The molecule has 7 heteroatoms. The Kier molecular flexibility index (Phi) is 4.51. The third-order valence-electron chi connectivity index (χ3n) is 3.63. The Labute approximate surface area is 142 Å². The molecule has 0 aliphatic carbocycles. The van der Waals surface area contributed by atoms with Crippen LogP contribution in [-0.2, 0) is 6.42 Å². The van der Waals surface area contributed by atoms with Crippen molar-refractivity contribution in [3.63, 3.8) is 0 Å². The summed E-state index contributed by atoms with van der Waals surface area (Å²) in [6.07, 6.45) is 0.358. The van der Waals surface area contributed by atoms with Crippen molar-refractivity contribution in [1.29, 1.82) is 0 Å². The first-order chi connectivity index (χ1) is 11.5. The summed E-state index contributed by atoms with van der Waals surface area (Å²) in [6, 6.07) is 9.09. The van der Waals surface area contributed by atoms with E-state index in [0.717, 1.165) is 0 Å². The van der Waals surface area contributed by atoms with E-state index in [-0.39, 0.29) is 10.9 Å². The van der Waals surface area contributed by atoms with Crippen LogP contribution >= 0.6 is 11.6 Å². The van der Waals surface area contributed by atoms with E-state index in [1.54, 1.807) is 24.3 Å². The molecule has 0 amide bonds. The number of hydrogen-bond donors (Lipinski definition) is 1. The Morgan fingerprint density at radius 1 is 1.33 bits per heavy atom. The van der Waals surface area contributed by atoms with Crippen molar-refractivity contribution in [3.05, 3.63) is 63.4 Å². The van der Waals surface area contributed by atoms with E-state index in [9.17, 15) is 9.18 Å². The molecule has 124 valence electrons. The molecule has 5 nitrogen and oxygen atoms in total. The topological polar surface area (TPSA) is 70.1 Å². The average Bonchev–Trinajstić information content (AvgIpc) is 2.54. The Balaban J connectivity index is 2.39. The van der Waals surface area contributed by atoms with E-state index in [2.05, 4.69) is 4.98 Å². The van der Waals surface area contributed by atoms with Gasteiger partial charge in [0.2, 0.25) is 0 Å². The van der Waals surface area contributed by atoms with Gasteiger partial charge in [-0.15, -0.1) is 0 Å². The minimum atomic E-state index is -0.519. The van der Waals surface area contributed by atoms with Gasteiger partial charge in [0.05, 0.1) is 28.7 Å². The van der Waals surface area contributed by atoms with Gasteiger partial charge >= 0.3 is 0 Å².